The number of rotatable bonds is 6. The van der Waals surface area contributed by atoms with Crippen LogP contribution in [-0.2, 0) is 19.4 Å². The molecule has 3 aromatic heterocycles. The van der Waals surface area contributed by atoms with Gasteiger partial charge in [-0.2, -0.15) is 9.61 Å². The summed E-state index contributed by atoms with van der Waals surface area (Å²) in [5.74, 6) is 0.804. The molecule has 8 nitrogen and oxygen atoms in total. The monoisotopic (exact) mass is 426 g/mol. The fraction of sp³-hybridized carbons (Fsp3) is 0.208. The van der Waals surface area contributed by atoms with E-state index in [4.69, 9.17) is 9.84 Å². The molecule has 0 saturated carbocycles. The van der Waals surface area contributed by atoms with Crippen molar-refractivity contribution in [1.29, 1.82) is 0 Å². The Morgan fingerprint density at radius 3 is 2.47 bits per heavy atom. The van der Waals surface area contributed by atoms with Crippen LogP contribution >= 0.6 is 0 Å². The van der Waals surface area contributed by atoms with Crippen molar-refractivity contribution in [3.05, 3.63) is 82.5 Å². The van der Waals surface area contributed by atoms with Crippen molar-refractivity contribution in [3.8, 4) is 16.9 Å². The predicted octanol–water partition coefficient (Wildman–Crippen LogP) is 3.31. The lowest BCUT2D eigenvalue weighted by atomic mass is 10.0. The van der Waals surface area contributed by atoms with Gasteiger partial charge in [0, 0.05) is 6.54 Å². The average molecular weight is 426 g/mol. The highest BCUT2D eigenvalue weighted by atomic mass is 16.5. The summed E-state index contributed by atoms with van der Waals surface area (Å²) < 4.78 is 8.39. The van der Waals surface area contributed by atoms with Crippen LogP contribution in [0.2, 0.25) is 0 Å². The molecule has 0 atom stereocenters. The molecule has 0 N–H and O–H groups in total. The molecular formula is C24H22N6O2. The fourth-order valence-electron chi connectivity index (χ4n) is 3.85. The summed E-state index contributed by atoms with van der Waals surface area (Å²) >= 11 is 0. The fourth-order valence-corrected chi connectivity index (χ4v) is 3.85. The summed E-state index contributed by atoms with van der Waals surface area (Å²) in [6.45, 7) is 2.53. The van der Waals surface area contributed by atoms with Crippen molar-refractivity contribution in [1.82, 2.24) is 29.4 Å². The van der Waals surface area contributed by atoms with E-state index in [0.717, 1.165) is 34.6 Å². The third kappa shape index (κ3) is 3.39. The van der Waals surface area contributed by atoms with Gasteiger partial charge in [-0.15, -0.1) is 10.2 Å². The number of aryl methyl sites for hydroxylation is 3. The summed E-state index contributed by atoms with van der Waals surface area (Å²) in [7, 11) is 1.64. The Morgan fingerprint density at radius 1 is 0.969 bits per heavy atom. The lowest BCUT2D eigenvalue weighted by molar-refractivity contribution is 0.414. The molecule has 0 saturated heterocycles. The second kappa shape index (κ2) is 8.22. The van der Waals surface area contributed by atoms with Gasteiger partial charge in [0.25, 0.3) is 5.56 Å². The van der Waals surface area contributed by atoms with E-state index in [1.165, 1.54) is 0 Å². The van der Waals surface area contributed by atoms with Gasteiger partial charge >= 0.3 is 0 Å². The third-order valence-electron chi connectivity index (χ3n) is 5.57. The minimum Gasteiger partial charge on any atom is -0.497 e. The molecule has 5 aromatic rings. The molecule has 160 valence electrons. The molecule has 0 amide bonds. The van der Waals surface area contributed by atoms with Crippen LogP contribution in [0.5, 0.6) is 5.75 Å². The SMILES string of the molecule is CCc1nn2c(nnc3c(=O)n(CCc4ccc(OC)cc4)cnc32)c1-c1ccccc1. The highest BCUT2D eigenvalue weighted by Gasteiger charge is 2.19. The molecule has 0 aliphatic heterocycles. The maximum atomic E-state index is 13.1. The minimum absolute atomic E-state index is 0.208. The largest absolute Gasteiger partial charge is 0.497 e. The number of fused-ring (bicyclic) bond motifs is 3. The Hall–Kier alpha value is -4.07. The highest BCUT2D eigenvalue weighted by Crippen LogP contribution is 2.28. The Balaban J connectivity index is 1.55. The van der Waals surface area contributed by atoms with Crippen molar-refractivity contribution in [2.45, 2.75) is 26.3 Å². The maximum Gasteiger partial charge on any atom is 0.283 e. The lowest BCUT2D eigenvalue weighted by Crippen LogP contribution is -2.23. The van der Waals surface area contributed by atoms with Gasteiger partial charge in [-0.1, -0.05) is 49.4 Å². The van der Waals surface area contributed by atoms with Crippen molar-refractivity contribution in [3.63, 3.8) is 0 Å². The van der Waals surface area contributed by atoms with Gasteiger partial charge in [-0.3, -0.25) is 9.36 Å². The van der Waals surface area contributed by atoms with Gasteiger partial charge in [0.15, 0.2) is 16.8 Å². The molecule has 5 rings (SSSR count). The van der Waals surface area contributed by atoms with Crippen LogP contribution in [0.1, 0.15) is 18.2 Å². The van der Waals surface area contributed by atoms with E-state index in [2.05, 4.69) is 15.2 Å². The second-order valence-corrected chi connectivity index (χ2v) is 7.49. The zero-order valence-corrected chi connectivity index (χ0v) is 17.9. The number of hydrogen-bond acceptors (Lipinski definition) is 6. The van der Waals surface area contributed by atoms with E-state index < -0.39 is 0 Å². The first-order valence-corrected chi connectivity index (χ1v) is 10.5. The van der Waals surface area contributed by atoms with Gasteiger partial charge in [-0.05, 0) is 36.1 Å². The van der Waals surface area contributed by atoms with E-state index in [1.54, 1.807) is 22.5 Å². The normalized spacial score (nSPS) is 11.3. The molecule has 8 heteroatoms. The second-order valence-electron chi connectivity index (χ2n) is 7.49. The van der Waals surface area contributed by atoms with Crippen molar-refractivity contribution in [2.24, 2.45) is 0 Å². The molecule has 0 unspecified atom stereocenters. The molecule has 3 heterocycles. The summed E-state index contributed by atoms with van der Waals surface area (Å²) in [5.41, 5.74) is 4.93. The topological polar surface area (TPSA) is 87.2 Å². The predicted molar refractivity (Wildman–Crippen MR) is 122 cm³/mol. The zero-order chi connectivity index (χ0) is 22.1. The van der Waals surface area contributed by atoms with Crippen LogP contribution in [-0.4, -0.2) is 36.5 Å². The number of aromatic nitrogens is 6. The van der Waals surface area contributed by atoms with Gasteiger partial charge in [0.2, 0.25) is 0 Å². The standard InChI is InChI=1S/C24H22N6O2/c1-3-19-20(17-7-5-4-6-8-17)22-27-26-21-23(30(22)28-19)25-15-29(24(21)31)14-13-16-9-11-18(32-2)12-10-16/h4-12,15H,3,13-14H2,1-2H3. The third-order valence-corrected chi connectivity index (χ3v) is 5.57. The number of benzene rings is 2. The molecular weight excluding hydrogens is 404 g/mol. The van der Waals surface area contributed by atoms with E-state index in [0.29, 0.717) is 24.3 Å². The van der Waals surface area contributed by atoms with E-state index in [1.807, 2.05) is 61.5 Å². The molecule has 32 heavy (non-hydrogen) atoms. The van der Waals surface area contributed by atoms with Gasteiger partial charge in [0.1, 0.15) is 12.1 Å². The van der Waals surface area contributed by atoms with Gasteiger partial charge in [-0.25, -0.2) is 4.98 Å². The molecule has 0 spiro atoms. The highest BCUT2D eigenvalue weighted by molar-refractivity contribution is 5.83. The van der Waals surface area contributed by atoms with E-state index >= 15 is 0 Å². The Bertz CT molecular complexity index is 1460. The molecule has 0 fully saturated rings. The van der Waals surface area contributed by atoms with Gasteiger partial charge in [0.05, 0.1) is 18.4 Å². The van der Waals surface area contributed by atoms with Crippen LogP contribution in [0.25, 0.3) is 27.9 Å². The van der Waals surface area contributed by atoms with E-state index in [9.17, 15) is 4.79 Å². The smallest absolute Gasteiger partial charge is 0.283 e. The zero-order valence-electron chi connectivity index (χ0n) is 17.9. The summed E-state index contributed by atoms with van der Waals surface area (Å²) in [5, 5.41) is 13.3. The van der Waals surface area contributed by atoms with Crippen molar-refractivity contribution >= 4 is 16.8 Å². The first kappa shape index (κ1) is 19.9. The van der Waals surface area contributed by atoms with Crippen molar-refractivity contribution < 1.29 is 4.74 Å². The lowest BCUT2D eigenvalue weighted by Gasteiger charge is -2.07. The maximum absolute atomic E-state index is 13.1. The van der Waals surface area contributed by atoms with Crippen LogP contribution in [0.3, 0.4) is 0 Å². The van der Waals surface area contributed by atoms with Crippen LogP contribution in [0, 0.1) is 0 Å². The molecule has 0 radical (unpaired) electrons. The molecule has 0 bridgehead atoms. The quantitative estimate of drug-likeness (QED) is 0.414. The number of hydrogen-bond donors (Lipinski definition) is 0. The number of ether oxygens (including phenoxy) is 1. The molecule has 0 aliphatic carbocycles. The summed E-state index contributed by atoms with van der Waals surface area (Å²) in [6, 6.07) is 17.8. The van der Waals surface area contributed by atoms with Crippen LogP contribution in [0.4, 0.5) is 0 Å². The first-order valence-electron chi connectivity index (χ1n) is 10.5. The molecule has 2 aromatic carbocycles. The van der Waals surface area contributed by atoms with Gasteiger partial charge < -0.3 is 4.74 Å². The Labute approximate surface area is 184 Å². The molecule has 0 aliphatic rings. The van der Waals surface area contributed by atoms with Crippen LogP contribution < -0.4 is 10.3 Å². The average Bonchev–Trinajstić information content (AvgIpc) is 3.23. The Morgan fingerprint density at radius 2 is 1.75 bits per heavy atom. The minimum atomic E-state index is -0.229. The van der Waals surface area contributed by atoms with Crippen LogP contribution in [0.15, 0.2) is 65.7 Å². The van der Waals surface area contributed by atoms with E-state index in [-0.39, 0.29) is 11.1 Å². The first-order chi connectivity index (χ1) is 15.7. The Kier molecular flexibility index (Phi) is 5.10. The number of methoxy groups -OCH3 is 1. The van der Waals surface area contributed by atoms with Crippen molar-refractivity contribution in [2.75, 3.05) is 7.11 Å². The number of nitrogens with zero attached hydrogens (tertiary/aromatic N) is 6. The summed E-state index contributed by atoms with van der Waals surface area (Å²) in [4.78, 5) is 17.6. The summed E-state index contributed by atoms with van der Waals surface area (Å²) in [6.07, 6.45) is 2.98.